The quantitative estimate of drug-likeness (QED) is 0.197. The normalized spacial score (nSPS) is 12.4. The molecule has 0 aliphatic rings. The zero-order valence-electron chi connectivity index (χ0n) is 17.2. The van der Waals surface area contributed by atoms with Gasteiger partial charge in [0.05, 0.1) is 0 Å². The fourth-order valence-corrected chi connectivity index (χ4v) is 3.61. The highest BCUT2D eigenvalue weighted by Gasteiger charge is 2.24. The fraction of sp³-hybridized carbons (Fsp3) is 0.909. The van der Waals surface area contributed by atoms with E-state index < -0.39 is 17.9 Å². The van der Waals surface area contributed by atoms with E-state index >= 15 is 0 Å². The van der Waals surface area contributed by atoms with Crippen molar-refractivity contribution in [2.75, 3.05) is 0 Å². The van der Waals surface area contributed by atoms with Crippen LogP contribution in [0.25, 0.3) is 0 Å². The molecule has 0 bridgehead atoms. The molecule has 0 heterocycles. The number of rotatable bonds is 19. The van der Waals surface area contributed by atoms with Crippen molar-refractivity contribution in [1.29, 1.82) is 0 Å². The Morgan fingerprint density at radius 3 is 1.38 bits per heavy atom. The summed E-state index contributed by atoms with van der Waals surface area (Å²) in [4.78, 5) is 21.6. The standard InChI is InChI=1S/C22H42O4/c1-3-5-6-7-8-9-10-13-16-19(4-2)17-14-11-12-15-18-20(21(23)24)22(25)26/h19-20H,3-18H2,1-2H3,(H,23,24)(H,25,26). The van der Waals surface area contributed by atoms with Gasteiger partial charge < -0.3 is 10.2 Å². The van der Waals surface area contributed by atoms with E-state index in [1.54, 1.807) is 0 Å². The van der Waals surface area contributed by atoms with Crippen LogP contribution in [0.15, 0.2) is 0 Å². The van der Waals surface area contributed by atoms with Gasteiger partial charge in [-0.15, -0.1) is 0 Å². The van der Waals surface area contributed by atoms with Crippen LogP contribution < -0.4 is 0 Å². The van der Waals surface area contributed by atoms with E-state index in [-0.39, 0.29) is 6.42 Å². The highest BCUT2D eigenvalue weighted by Crippen LogP contribution is 2.22. The summed E-state index contributed by atoms with van der Waals surface area (Å²) in [5.41, 5.74) is 0. The van der Waals surface area contributed by atoms with E-state index in [0.29, 0.717) is 6.42 Å². The first-order valence-electron chi connectivity index (χ1n) is 11.0. The average Bonchev–Trinajstić information content (AvgIpc) is 2.60. The van der Waals surface area contributed by atoms with Crippen LogP contribution in [0.2, 0.25) is 0 Å². The van der Waals surface area contributed by atoms with Crippen molar-refractivity contribution in [3.05, 3.63) is 0 Å². The summed E-state index contributed by atoms with van der Waals surface area (Å²) >= 11 is 0. The van der Waals surface area contributed by atoms with Crippen LogP contribution in [-0.2, 0) is 9.59 Å². The number of aliphatic carboxylic acids is 2. The molecule has 0 aromatic rings. The van der Waals surface area contributed by atoms with Crippen LogP contribution in [-0.4, -0.2) is 22.2 Å². The Bertz CT molecular complexity index is 340. The van der Waals surface area contributed by atoms with Crippen molar-refractivity contribution >= 4 is 11.9 Å². The van der Waals surface area contributed by atoms with Gasteiger partial charge in [-0.25, -0.2) is 0 Å². The number of hydrogen-bond donors (Lipinski definition) is 2. The smallest absolute Gasteiger partial charge is 0.317 e. The second-order valence-electron chi connectivity index (χ2n) is 7.76. The summed E-state index contributed by atoms with van der Waals surface area (Å²) in [7, 11) is 0. The minimum Gasteiger partial charge on any atom is -0.481 e. The summed E-state index contributed by atoms with van der Waals surface area (Å²) < 4.78 is 0. The summed E-state index contributed by atoms with van der Waals surface area (Å²) in [6, 6.07) is 0. The predicted molar refractivity (Wildman–Crippen MR) is 107 cm³/mol. The van der Waals surface area contributed by atoms with Crippen molar-refractivity contribution in [3.8, 4) is 0 Å². The average molecular weight is 371 g/mol. The van der Waals surface area contributed by atoms with Crippen molar-refractivity contribution in [3.63, 3.8) is 0 Å². The second-order valence-corrected chi connectivity index (χ2v) is 7.76. The van der Waals surface area contributed by atoms with Crippen LogP contribution in [0.5, 0.6) is 0 Å². The van der Waals surface area contributed by atoms with Crippen molar-refractivity contribution in [2.24, 2.45) is 11.8 Å². The zero-order valence-corrected chi connectivity index (χ0v) is 17.2. The van der Waals surface area contributed by atoms with E-state index in [4.69, 9.17) is 10.2 Å². The van der Waals surface area contributed by atoms with Crippen molar-refractivity contribution in [1.82, 2.24) is 0 Å². The number of hydrogen-bond acceptors (Lipinski definition) is 2. The van der Waals surface area contributed by atoms with Crippen LogP contribution >= 0.6 is 0 Å². The van der Waals surface area contributed by atoms with E-state index in [2.05, 4.69) is 13.8 Å². The largest absolute Gasteiger partial charge is 0.481 e. The molecule has 0 saturated heterocycles. The van der Waals surface area contributed by atoms with Gasteiger partial charge in [-0.3, -0.25) is 9.59 Å². The Morgan fingerprint density at radius 1 is 0.615 bits per heavy atom. The van der Waals surface area contributed by atoms with Gasteiger partial charge in [-0.2, -0.15) is 0 Å². The lowest BCUT2D eigenvalue weighted by Gasteiger charge is -2.14. The molecule has 26 heavy (non-hydrogen) atoms. The molecule has 0 aromatic carbocycles. The molecule has 0 aromatic heterocycles. The molecular formula is C22H42O4. The third-order valence-corrected chi connectivity index (χ3v) is 5.49. The molecule has 0 aliphatic carbocycles. The van der Waals surface area contributed by atoms with E-state index in [0.717, 1.165) is 18.8 Å². The lowest BCUT2D eigenvalue weighted by atomic mass is 9.92. The van der Waals surface area contributed by atoms with Gasteiger partial charge in [0.2, 0.25) is 0 Å². The third-order valence-electron chi connectivity index (χ3n) is 5.49. The zero-order chi connectivity index (χ0) is 19.6. The molecule has 0 fully saturated rings. The van der Waals surface area contributed by atoms with Gasteiger partial charge in [-0.05, 0) is 12.3 Å². The molecule has 1 unspecified atom stereocenters. The van der Waals surface area contributed by atoms with Gasteiger partial charge in [0.15, 0.2) is 5.92 Å². The monoisotopic (exact) mass is 370 g/mol. The molecule has 0 radical (unpaired) electrons. The third kappa shape index (κ3) is 14.1. The molecule has 4 heteroatoms. The fourth-order valence-electron chi connectivity index (χ4n) is 3.61. The molecule has 0 saturated carbocycles. The maximum Gasteiger partial charge on any atom is 0.317 e. The van der Waals surface area contributed by atoms with Crippen LogP contribution in [0, 0.1) is 11.8 Å². The Labute approximate surface area is 160 Å². The van der Waals surface area contributed by atoms with Crippen molar-refractivity contribution < 1.29 is 19.8 Å². The molecule has 0 spiro atoms. The number of carboxylic acid groups (broad SMARTS) is 2. The molecule has 0 amide bonds. The first kappa shape index (κ1) is 24.9. The minimum atomic E-state index is -1.24. The SMILES string of the molecule is CCCCCCCCCCC(CC)CCCCCCC(C(=O)O)C(=O)O. The van der Waals surface area contributed by atoms with Gasteiger partial charge in [0.1, 0.15) is 0 Å². The van der Waals surface area contributed by atoms with E-state index in [1.807, 2.05) is 0 Å². The topological polar surface area (TPSA) is 74.6 Å². The minimum absolute atomic E-state index is 0.250. The lowest BCUT2D eigenvalue weighted by molar-refractivity contribution is -0.154. The van der Waals surface area contributed by atoms with Crippen molar-refractivity contribution in [2.45, 2.75) is 117 Å². The Morgan fingerprint density at radius 2 is 1.00 bits per heavy atom. The van der Waals surface area contributed by atoms with Gasteiger partial charge in [-0.1, -0.05) is 110 Å². The van der Waals surface area contributed by atoms with Gasteiger partial charge in [0, 0.05) is 0 Å². The number of carbonyl (C=O) groups is 2. The number of unbranched alkanes of at least 4 members (excludes halogenated alkanes) is 10. The summed E-state index contributed by atoms with van der Waals surface area (Å²) in [6.07, 6.45) is 19.0. The predicted octanol–water partition coefficient (Wildman–Crippen LogP) is 6.67. The molecule has 154 valence electrons. The van der Waals surface area contributed by atoms with E-state index in [1.165, 1.54) is 77.0 Å². The second kappa shape index (κ2) is 17.4. The Kier molecular flexibility index (Phi) is 16.7. The van der Waals surface area contributed by atoms with Gasteiger partial charge in [0.25, 0.3) is 0 Å². The van der Waals surface area contributed by atoms with Crippen LogP contribution in [0.4, 0.5) is 0 Å². The highest BCUT2D eigenvalue weighted by molar-refractivity contribution is 5.92. The maximum atomic E-state index is 10.8. The first-order valence-corrected chi connectivity index (χ1v) is 11.0. The summed E-state index contributed by atoms with van der Waals surface area (Å²) in [6.45, 7) is 4.54. The van der Waals surface area contributed by atoms with E-state index in [9.17, 15) is 9.59 Å². The summed E-state index contributed by atoms with van der Waals surface area (Å²) in [5, 5.41) is 17.7. The Hall–Kier alpha value is -1.06. The van der Waals surface area contributed by atoms with Gasteiger partial charge >= 0.3 is 11.9 Å². The molecule has 0 aliphatic heterocycles. The molecular weight excluding hydrogens is 328 g/mol. The van der Waals surface area contributed by atoms with Crippen LogP contribution in [0.1, 0.15) is 117 Å². The maximum absolute atomic E-state index is 10.8. The Balaban J connectivity index is 3.58. The molecule has 1 atom stereocenters. The highest BCUT2D eigenvalue weighted by atomic mass is 16.4. The molecule has 0 rings (SSSR count). The molecule has 2 N–H and O–H groups in total. The first-order chi connectivity index (χ1) is 12.5. The number of carboxylic acids is 2. The lowest BCUT2D eigenvalue weighted by Crippen LogP contribution is -2.23. The molecule has 4 nitrogen and oxygen atoms in total. The summed E-state index contributed by atoms with van der Waals surface area (Å²) in [5.74, 6) is -2.84. The van der Waals surface area contributed by atoms with Crippen LogP contribution in [0.3, 0.4) is 0 Å².